The fourth-order valence-corrected chi connectivity index (χ4v) is 5.50. The number of carbonyl (C=O) groups is 1. The van der Waals surface area contributed by atoms with Crippen LogP contribution in [-0.2, 0) is 0 Å². The Morgan fingerprint density at radius 3 is 2.77 bits per heavy atom. The van der Waals surface area contributed by atoms with Crippen LogP contribution in [0.3, 0.4) is 0 Å². The highest BCUT2D eigenvalue weighted by molar-refractivity contribution is 6.37. The molecule has 0 spiro atoms. The smallest absolute Gasteiger partial charge is 0.341 e. The molecule has 3 aliphatic rings. The summed E-state index contributed by atoms with van der Waals surface area (Å²) < 4.78 is 1.89. The Balaban J connectivity index is 1.66. The summed E-state index contributed by atoms with van der Waals surface area (Å²) in [6, 6.07) is 0.509. The quantitative estimate of drug-likeness (QED) is 0.728. The number of hydrogen-bond acceptors (Lipinski definition) is 5. The fourth-order valence-electron chi connectivity index (χ4n) is 5.14. The van der Waals surface area contributed by atoms with Gasteiger partial charge in [0, 0.05) is 37.3 Å². The summed E-state index contributed by atoms with van der Waals surface area (Å²) in [6.45, 7) is 3.48. The van der Waals surface area contributed by atoms with Gasteiger partial charge in [0.2, 0.25) is 5.43 Å². The first-order valence-corrected chi connectivity index (χ1v) is 10.9. The number of rotatable bonds is 4. The number of aromatic carboxylic acids is 1. The lowest BCUT2D eigenvalue weighted by atomic mass is 9.82. The first kappa shape index (κ1) is 19.6. The van der Waals surface area contributed by atoms with Crippen molar-refractivity contribution in [3.63, 3.8) is 0 Å². The lowest BCUT2D eigenvalue weighted by Gasteiger charge is -2.28. The van der Waals surface area contributed by atoms with Crippen LogP contribution >= 0.6 is 11.6 Å². The molecular weight excluding hydrogens is 404 g/mol. The zero-order valence-corrected chi connectivity index (χ0v) is 17.8. The van der Waals surface area contributed by atoms with Crippen LogP contribution in [0.2, 0.25) is 5.02 Å². The molecule has 30 heavy (non-hydrogen) atoms. The largest absolute Gasteiger partial charge is 0.477 e. The van der Waals surface area contributed by atoms with Gasteiger partial charge in [0.05, 0.1) is 16.6 Å². The number of anilines is 1. The van der Waals surface area contributed by atoms with Gasteiger partial charge in [-0.05, 0) is 39.2 Å². The van der Waals surface area contributed by atoms with Crippen molar-refractivity contribution in [2.45, 2.75) is 38.3 Å². The maximum absolute atomic E-state index is 12.9. The Bertz CT molecular complexity index is 1140. The Kier molecular flexibility index (Phi) is 4.63. The Morgan fingerprint density at radius 2 is 2.10 bits per heavy atom. The van der Waals surface area contributed by atoms with Crippen molar-refractivity contribution in [3.8, 4) is 0 Å². The SMILES string of the molecule is CN[C@@H]1C=CC[C@@H]2CN(c3nc(C)c4c(=O)c(C(=O)O)cn(C5CC5)c4c3Cl)C[C@@H]21. The van der Waals surface area contributed by atoms with Gasteiger partial charge in [-0.15, -0.1) is 0 Å². The van der Waals surface area contributed by atoms with Crippen LogP contribution in [0.1, 0.15) is 41.4 Å². The molecule has 1 saturated heterocycles. The number of allylic oxidation sites excluding steroid dienone is 1. The van der Waals surface area contributed by atoms with E-state index < -0.39 is 11.4 Å². The highest BCUT2D eigenvalue weighted by atomic mass is 35.5. The van der Waals surface area contributed by atoms with Gasteiger partial charge < -0.3 is 19.9 Å². The second-order valence-electron chi connectivity index (χ2n) is 8.68. The van der Waals surface area contributed by atoms with Crippen molar-refractivity contribution in [2.75, 3.05) is 25.0 Å². The molecule has 2 aromatic heterocycles. The van der Waals surface area contributed by atoms with Crippen LogP contribution < -0.4 is 15.6 Å². The predicted molar refractivity (Wildman–Crippen MR) is 117 cm³/mol. The molecule has 0 aromatic carbocycles. The van der Waals surface area contributed by atoms with Crippen LogP contribution in [0.5, 0.6) is 0 Å². The molecule has 3 heterocycles. The van der Waals surface area contributed by atoms with Gasteiger partial charge in [0.1, 0.15) is 16.4 Å². The standard InChI is InChI=1S/C22H25ClN4O3/c1-11-17-19(27(13-6-7-13)10-15(20(17)28)22(29)30)18(23)21(25-11)26-8-12-4-3-5-16(24-2)14(12)9-26/h3,5,10,12-14,16,24H,4,6-9H2,1-2H3,(H,29,30)/t12-,14+,16-/m1/s1. The second-order valence-corrected chi connectivity index (χ2v) is 9.06. The summed E-state index contributed by atoms with van der Waals surface area (Å²) in [5.74, 6) is 0.489. The number of likely N-dealkylation sites (N-methyl/N-ethyl adjacent to an activating group) is 1. The number of fused-ring (bicyclic) bond motifs is 2. The third-order valence-corrected chi connectivity index (χ3v) is 7.16. The van der Waals surface area contributed by atoms with Gasteiger partial charge in [0.25, 0.3) is 0 Å². The van der Waals surface area contributed by atoms with Crippen molar-refractivity contribution in [1.29, 1.82) is 0 Å². The summed E-state index contributed by atoms with van der Waals surface area (Å²) in [7, 11) is 1.99. The fraction of sp³-hybridized carbons (Fsp3) is 0.500. The molecule has 0 unspecified atom stereocenters. The van der Waals surface area contributed by atoms with Crippen molar-refractivity contribution in [1.82, 2.24) is 14.9 Å². The minimum Gasteiger partial charge on any atom is -0.477 e. The monoisotopic (exact) mass is 428 g/mol. The summed E-state index contributed by atoms with van der Waals surface area (Å²) in [5.41, 5.74) is 0.417. The molecule has 2 N–H and O–H groups in total. The van der Waals surface area contributed by atoms with Gasteiger partial charge in [-0.2, -0.15) is 0 Å². The molecule has 5 rings (SSSR count). The number of nitrogens with zero attached hydrogens (tertiary/aromatic N) is 3. The van der Waals surface area contributed by atoms with E-state index in [2.05, 4.69) is 22.4 Å². The number of carboxylic acid groups (broad SMARTS) is 1. The first-order valence-electron chi connectivity index (χ1n) is 10.5. The molecule has 0 amide bonds. The molecule has 3 atom stereocenters. The van der Waals surface area contributed by atoms with E-state index in [-0.39, 0.29) is 11.6 Å². The van der Waals surface area contributed by atoms with E-state index in [0.717, 1.165) is 32.4 Å². The minimum atomic E-state index is -1.22. The molecular formula is C22H25ClN4O3. The molecule has 158 valence electrons. The molecule has 0 bridgehead atoms. The molecule has 2 aromatic rings. The van der Waals surface area contributed by atoms with Crippen LogP contribution in [-0.4, -0.2) is 46.8 Å². The molecule has 8 heteroatoms. The number of aryl methyl sites for hydroxylation is 1. The summed E-state index contributed by atoms with van der Waals surface area (Å²) in [5, 5.41) is 13.7. The van der Waals surface area contributed by atoms with Crippen LogP contribution in [0.15, 0.2) is 23.1 Å². The predicted octanol–water partition coefficient (Wildman–Crippen LogP) is 2.99. The highest BCUT2D eigenvalue weighted by Gasteiger charge is 2.39. The summed E-state index contributed by atoms with van der Waals surface area (Å²) in [6.07, 6.45) is 8.89. The number of nitrogens with one attached hydrogen (secondary N) is 1. The molecule has 1 aliphatic heterocycles. The van der Waals surface area contributed by atoms with Crippen LogP contribution in [0.25, 0.3) is 10.9 Å². The zero-order valence-electron chi connectivity index (χ0n) is 17.1. The Hall–Kier alpha value is -2.38. The van der Waals surface area contributed by atoms with Gasteiger partial charge >= 0.3 is 5.97 Å². The molecule has 1 saturated carbocycles. The maximum Gasteiger partial charge on any atom is 0.341 e. The van der Waals surface area contributed by atoms with Crippen molar-refractivity contribution in [3.05, 3.63) is 44.9 Å². The zero-order chi connectivity index (χ0) is 21.2. The highest BCUT2D eigenvalue weighted by Crippen LogP contribution is 2.43. The van der Waals surface area contributed by atoms with Crippen molar-refractivity contribution < 1.29 is 9.90 Å². The summed E-state index contributed by atoms with van der Waals surface area (Å²) >= 11 is 6.90. The van der Waals surface area contributed by atoms with Gasteiger partial charge in [-0.25, -0.2) is 9.78 Å². The summed E-state index contributed by atoms with van der Waals surface area (Å²) in [4.78, 5) is 31.5. The van der Waals surface area contributed by atoms with E-state index in [0.29, 0.717) is 45.3 Å². The van der Waals surface area contributed by atoms with Crippen molar-refractivity contribution >= 4 is 34.3 Å². The number of pyridine rings is 2. The van der Waals surface area contributed by atoms with Gasteiger partial charge in [-0.1, -0.05) is 23.8 Å². The normalized spacial score (nSPS) is 25.7. The van der Waals surface area contributed by atoms with Crippen molar-refractivity contribution in [2.24, 2.45) is 11.8 Å². The van der Waals surface area contributed by atoms with Gasteiger partial charge in [-0.3, -0.25) is 4.79 Å². The molecule has 2 fully saturated rings. The maximum atomic E-state index is 12.9. The topological polar surface area (TPSA) is 87.5 Å². The molecule has 7 nitrogen and oxygen atoms in total. The average Bonchev–Trinajstić information content (AvgIpc) is 3.47. The average molecular weight is 429 g/mol. The second kappa shape index (κ2) is 7.10. The lowest BCUT2D eigenvalue weighted by Crippen LogP contribution is -2.38. The van der Waals surface area contributed by atoms with E-state index in [9.17, 15) is 14.7 Å². The Morgan fingerprint density at radius 1 is 1.33 bits per heavy atom. The number of aromatic nitrogens is 2. The lowest BCUT2D eigenvalue weighted by molar-refractivity contribution is 0.0695. The van der Waals surface area contributed by atoms with E-state index in [4.69, 9.17) is 16.6 Å². The number of carboxylic acids is 1. The van der Waals surface area contributed by atoms with E-state index in [1.165, 1.54) is 6.20 Å². The van der Waals surface area contributed by atoms with E-state index in [1.54, 1.807) is 6.92 Å². The van der Waals surface area contributed by atoms with Crippen LogP contribution in [0.4, 0.5) is 5.82 Å². The number of halogens is 1. The van der Waals surface area contributed by atoms with Gasteiger partial charge in [0.15, 0.2) is 0 Å². The Labute approximate surface area is 179 Å². The number of hydrogen-bond donors (Lipinski definition) is 2. The minimum absolute atomic E-state index is 0.178. The molecule has 2 aliphatic carbocycles. The van der Waals surface area contributed by atoms with E-state index >= 15 is 0 Å². The van der Waals surface area contributed by atoms with Crippen LogP contribution in [0, 0.1) is 18.8 Å². The van der Waals surface area contributed by atoms with E-state index in [1.807, 2.05) is 11.6 Å². The molecule has 0 radical (unpaired) electrons. The first-order chi connectivity index (χ1) is 14.4. The third kappa shape index (κ3) is 2.94. The third-order valence-electron chi connectivity index (χ3n) is 6.81.